The summed E-state index contributed by atoms with van der Waals surface area (Å²) in [4.78, 5) is 45.2. The molecule has 0 radical (unpaired) electrons. The van der Waals surface area contributed by atoms with E-state index in [9.17, 15) is 19.5 Å². The molecule has 4 aromatic carbocycles. The Morgan fingerprint density at radius 3 is 2.07 bits per heavy atom. The van der Waals surface area contributed by atoms with Gasteiger partial charge in [-0.1, -0.05) is 113 Å². The first-order valence-electron chi connectivity index (χ1n) is 13.1. The summed E-state index contributed by atoms with van der Waals surface area (Å²) in [7, 11) is 0. The molecule has 5 aromatic rings. The zero-order chi connectivity index (χ0) is 32.2. The number of aromatic carboxylic acids is 1. The van der Waals surface area contributed by atoms with Gasteiger partial charge >= 0.3 is 5.97 Å². The average molecular weight is 717 g/mol. The molecule has 7 nitrogen and oxygen atoms in total. The molecule has 0 aliphatic carbocycles. The number of nitrogens with zero attached hydrogens (tertiary/aromatic N) is 1. The van der Waals surface area contributed by atoms with Crippen LogP contribution in [0.25, 0.3) is 11.3 Å². The number of thiazole rings is 1. The van der Waals surface area contributed by atoms with Gasteiger partial charge in [-0.25, -0.2) is 9.78 Å². The lowest BCUT2D eigenvalue weighted by molar-refractivity contribution is -0.115. The number of carbonyl (C=O) groups excluding carboxylic acids is 2. The van der Waals surface area contributed by atoms with Crippen molar-refractivity contribution < 1.29 is 19.5 Å². The van der Waals surface area contributed by atoms with E-state index < -0.39 is 33.3 Å². The number of thioether (sulfide) groups is 1. The van der Waals surface area contributed by atoms with Crippen LogP contribution in [-0.2, 0) is 4.79 Å². The predicted molar refractivity (Wildman–Crippen MR) is 184 cm³/mol. The Morgan fingerprint density at radius 2 is 1.42 bits per heavy atom. The van der Waals surface area contributed by atoms with Crippen LogP contribution >= 0.6 is 69.5 Å². The van der Waals surface area contributed by atoms with Crippen molar-refractivity contribution in [2.24, 2.45) is 0 Å². The second-order valence-electron chi connectivity index (χ2n) is 9.48. The largest absolute Gasteiger partial charge is 0.478 e. The fourth-order valence-corrected chi connectivity index (χ4v) is 7.35. The summed E-state index contributed by atoms with van der Waals surface area (Å²) in [6, 6.07) is 25.7. The molecule has 0 saturated carbocycles. The minimum atomic E-state index is -1.50. The highest BCUT2D eigenvalue weighted by Gasteiger charge is 2.29. The van der Waals surface area contributed by atoms with E-state index in [0.717, 1.165) is 21.7 Å². The van der Waals surface area contributed by atoms with E-state index in [1.807, 2.05) is 67.6 Å². The standard InChI is InChI=1S/C32H21Cl4N3O4S2/c1-16-27(17-9-4-2-5-10-17)38-32(44-16)39-30(41)28(18-11-6-3-7-12-18)45-20-14-8-13-19(15-20)37-29(40)21-22(31(42)43)24(34)26(36)25(35)23(21)33/h2-15,28H,1H3,(H,37,40)(H,42,43)(H,38,39,41). The number of rotatable bonds is 9. The van der Waals surface area contributed by atoms with Gasteiger partial charge in [-0.3, -0.25) is 9.59 Å². The predicted octanol–water partition coefficient (Wildman–Crippen LogP) is 10.2. The van der Waals surface area contributed by atoms with Gasteiger partial charge in [-0.15, -0.1) is 23.1 Å². The molecule has 2 amide bonds. The van der Waals surface area contributed by atoms with Crippen molar-refractivity contribution >= 4 is 98.1 Å². The smallest absolute Gasteiger partial charge is 0.338 e. The molecule has 1 atom stereocenters. The number of nitrogens with one attached hydrogen (secondary N) is 2. The Kier molecular flexibility index (Phi) is 10.4. The number of carboxylic acids is 1. The van der Waals surface area contributed by atoms with Crippen LogP contribution in [0.2, 0.25) is 20.1 Å². The third kappa shape index (κ3) is 7.30. The van der Waals surface area contributed by atoms with Crippen LogP contribution in [0.4, 0.5) is 10.8 Å². The first-order valence-corrected chi connectivity index (χ1v) is 16.3. The molecule has 0 fully saturated rings. The number of aromatic nitrogens is 1. The molecular formula is C32H21Cl4N3O4S2. The number of hydrogen-bond acceptors (Lipinski definition) is 6. The molecule has 13 heteroatoms. The highest BCUT2D eigenvalue weighted by atomic mass is 35.5. The summed E-state index contributed by atoms with van der Waals surface area (Å²) in [6.07, 6.45) is 0. The van der Waals surface area contributed by atoms with Crippen LogP contribution in [-0.4, -0.2) is 27.9 Å². The van der Waals surface area contributed by atoms with E-state index in [1.54, 1.807) is 24.3 Å². The molecular weight excluding hydrogens is 696 g/mol. The Morgan fingerprint density at radius 1 is 0.800 bits per heavy atom. The number of hydrogen-bond donors (Lipinski definition) is 3. The normalized spacial score (nSPS) is 11.6. The quantitative estimate of drug-likeness (QED) is 0.0796. The van der Waals surface area contributed by atoms with Crippen molar-refractivity contribution in [2.45, 2.75) is 17.1 Å². The summed E-state index contributed by atoms with van der Waals surface area (Å²) in [5, 5.41) is 13.9. The zero-order valence-electron chi connectivity index (χ0n) is 23.1. The lowest BCUT2D eigenvalue weighted by atomic mass is 10.1. The van der Waals surface area contributed by atoms with E-state index in [4.69, 9.17) is 46.4 Å². The van der Waals surface area contributed by atoms with E-state index in [-0.39, 0.29) is 21.0 Å². The van der Waals surface area contributed by atoms with Crippen molar-refractivity contribution in [3.8, 4) is 11.3 Å². The van der Waals surface area contributed by atoms with Gasteiger partial charge in [0.15, 0.2) is 5.13 Å². The summed E-state index contributed by atoms with van der Waals surface area (Å²) in [5.41, 5.74) is 1.82. The third-order valence-electron chi connectivity index (χ3n) is 6.47. The number of amides is 2. The Bertz CT molecular complexity index is 1920. The lowest BCUT2D eigenvalue weighted by Gasteiger charge is -2.17. The molecule has 0 aliphatic rings. The number of carbonyl (C=O) groups is 3. The minimum Gasteiger partial charge on any atom is -0.478 e. The fourth-order valence-electron chi connectivity index (χ4n) is 4.41. The molecule has 1 heterocycles. The number of benzene rings is 4. The van der Waals surface area contributed by atoms with Crippen LogP contribution < -0.4 is 10.6 Å². The summed E-state index contributed by atoms with van der Waals surface area (Å²) in [6.45, 7) is 1.96. The Balaban J connectivity index is 1.40. The van der Waals surface area contributed by atoms with Gasteiger partial charge in [-0.05, 0) is 30.7 Å². The zero-order valence-corrected chi connectivity index (χ0v) is 27.8. The van der Waals surface area contributed by atoms with E-state index in [2.05, 4.69) is 15.6 Å². The van der Waals surface area contributed by atoms with Crippen molar-refractivity contribution in [1.29, 1.82) is 0 Å². The van der Waals surface area contributed by atoms with Gasteiger partial charge in [0, 0.05) is 21.0 Å². The molecule has 0 bridgehead atoms. The number of halogens is 4. The van der Waals surface area contributed by atoms with Gasteiger partial charge < -0.3 is 15.7 Å². The summed E-state index contributed by atoms with van der Waals surface area (Å²) >= 11 is 27.1. The van der Waals surface area contributed by atoms with Crippen LogP contribution in [0.3, 0.4) is 0 Å². The van der Waals surface area contributed by atoms with Crippen molar-refractivity contribution in [1.82, 2.24) is 4.98 Å². The molecule has 1 unspecified atom stereocenters. The molecule has 5 rings (SSSR count). The van der Waals surface area contributed by atoms with Crippen molar-refractivity contribution in [2.75, 3.05) is 10.6 Å². The molecule has 0 aliphatic heterocycles. The minimum absolute atomic E-state index is 0.245. The molecule has 1 aromatic heterocycles. The average Bonchev–Trinajstić information content (AvgIpc) is 3.40. The first kappa shape index (κ1) is 32.8. The number of aryl methyl sites for hydroxylation is 1. The fraction of sp³-hybridized carbons (Fsp3) is 0.0625. The first-order chi connectivity index (χ1) is 21.5. The maximum Gasteiger partial charge on any atom is 0.338 e. The van der Waals surface area contributed by atoms with Gasteiger partial charge in [0.05, 0.1) is 36.9 Å². The highest BCUT2D eigenvalue weighted by molar-refractivity contribution is 8.00. The lowest BCUT2D eigenvalue weighted by Crippen LogP contribution is -2.19. The second kappa shape index (κ2) is 14.2. The monoisotopic (exact) mass is 715 g/mol. The maximum atomic E-state index is 13.7. The van der Waals surface area contributed by atoms with E-state index in [1.165, 1.54) is 23.1 Å². The highest BCUT2D eigenvalue weighted by Crippen LogP contribution is 2.42. The molecule has 3 N–H and O–H groups in total. The van der Waals surface area contributed by atoms with Crippen LogP contribution in [0.15, 0.2) is 89.8 Å². The van der Waals surface area contributed by atoms with Crippen LogP contribution in [0, 0.1) is 6.92 Å². The number of carboxylic acid groups (broad SMARTS) is 1. The van der Waals surface area contributed by atoms with Crippen molar-refractivity contribution in [3.63, 3.8) is 0 Å². The summed E-state index contributed by atoms with van der Waals surface area (Å²) in [5.74, 6) is -2.64. The molecule has 0 spiro atoms. The molecule has 228 valence electrons. The van der Waals surface area contributed by atoms with Gasteiger partial charge in [0.25, 0.3) is 5.91 Å². The van der Waals surface area contributed by atoms with Gasteiger partial charge in [-0.2, -0.15) is 0 Å². The third-order valence-corrected chi connectivity index (χ3v) is 10.4. The maximum absolute atomic E-state index is 13.7. The van der Waals surface area contributed by atoms with Crippen LogP contribution in [0.5, 0.6) is 0 Å². The molecule has 0 saturated heterocycles. The van der Waals surface area contributed by atoms with E-state index in [0.29, 0.717) is 15.7 Å². The topological polar surface area (TPSA) is 108 Å². The van der Waals surface area contributed by atoms with Gasteiger partial charge in [0.1, 0.15) is 5.25 Å². The Hall–Kier alpha value is -3.57. The summed E-state index contributed by atoms with van der Waals surface area (Å²) < 4.78 is 0. The van der Waals surface area contributed by atoms with Crippen molar-refractivity contribution in [3.05, 3.63) is 127 Å². The molecule has 45 heavy (non-hydrogen) atoms. The second-order valence-corrected chi connectivity index (χ2v) is 13.4. The Labute approximate surface area is 286 Å². The SMILES string of the molecule is Cc1sc(NC(=O)C(Sc2cccc(NC(=O)c3c(Cl)c(Cl)c(Cl)c(Cl)c3C(=O)O)c2)c2ccccc2)nc1-c1ccccc1. The van der Waals surface area contributed by atoms with Crippen LogP contribution in [0.1, 0.15) is 36.4 Å². The van der Waals surface area contributed by atoms with Gasteiger partial charge in [0.2, 0.25) is 5.91 Å². The van der Waals surface area contributed by atoms with E-state index >= 15 is 0 Å². The number of anilines is 2.